The van der Waals surface area contributed by atoms with Crippen LogP contribution in [0.2, 0.25) is 0 Å². The van der Waals surface area contributed by atoms with Crippen molar-refractivity contribution in [3.63, 3.8) is 0 Å². The molecule has 1 fully saturated rings. The second-order valence-electron chi connectivity index (χ2n) is 8.02. The molecule has 0 aromatic rings. The molecule has 0 aromatic carbocycles. The Kier molecular flexibility index (Phi) is 7.03. The third-order valence-corrected chi connectivity index (χ3v) is 6.23. The van der Waals surface area contributed by atoms with Gasteiger partial charge in [0, 0.05) is 6.04 Å². The van der Waals surface area contributed by atoms with Gasteiger partial charge in [-0.1, -0.05) is 19.1 Å². The van der Waals surface area contributed by atoms with Crippen LogP contribution in [0.4, 0.5) is 0 Å². The minimum absolute atomic E-state index is 0.0557. The van der Waals surface area contributed by atoms with Crippen LogP contribution < -0.4 is 10.6 Å². The van der Waals surface area contributed by atoms with Crippen LogP contribution in [0.5, 0.6) is 0 Å². The number of carbonyl (C=O) groups is 3. The van der Waals surface area contributed by atoms with E-state index in [-0.39, 0.29) is 24.3 Å². The molecule has 0 bridgehead atoms. The molecule has 2 aliphatic rings. The first-order valence-corrected chi connectivity index (χ1v) is 9.74. The molecule has 3 N–H and O–H groups in total. The summed E-state index contributed by atoms with van der Waals surface area (Å²) in [6, 6.07) is -0.817. The molecule has 27 heavy (non-hydrogen) atoms. The molecule has 152 valence electrons. The summed E-state index contributed by atoms with van der Waals surface area (Å²) in [4.78, 5) is 38.2. The summed E-state index contributed by atoms with van der Waals surface area (Å²) in [7, 11) is 1.29. The number of allylic oxidation sites excluding steroid dienone is 1. The van der Waals surface area contributed by atoms with Gasteiger partial charge < -0.3 is 20.5 Å². The largest absolute Gasteiger partial charge is 0.467 e. The quantitative estimate of drug-likeness (QED) is 0.470. The second-order valence-corrected chi connectivity index (χ2v) is 8.02. The molecule has 0 radical (unpaired) electrons. The van der Waals surface area contributed by atoms with Gasteiger partial charge in [-0.3, -0.25) is 9.59 Å². The fourth-order valence-corrected chi connectivity index (χ4v) is 4.12. The molecule has 0 spiro atoms. The molecule has 6 atom stereocenters. The molecule has 5 unspecified atom stereocenters. The van der Waals surface area contributed by atoms with E-state index in [1.807, 2.05) is 19.1 Å². The first kappa shape index (κ1) is 21.4. The number of carbonyl (C=O) groups excluding carboxylic acids is 3. The molecule has 1 saturated carbocycles. The number of esters is 1. The van der Waals surface area contributed by atoms with Crippen LogP contribution in [-0.4, -0.2) is 48.2 Å². The second kappa shape index (κ2) is 8.87. The minimum atomic E-state index is -1.10. The molecule has 2 amide bonds. The van der Waals surface area contributed by atoms with E-state index in [1.165, 1.54) is 7.11 Å². The first-order valence-electron chi connectivity index (χ1n) is 9.74. The highest BCUT2D eigenvalue weighted by atomic mass is 16.5. The smallest absolute Gasteiger partial charge is 0.328 e. The van der Waals surface area contributed by atoms with Crippen molar-refractivity contribution < 1.29 is 24.2 Å². The van der Waals surface area contributed by atoms with Crippen LogP contribution in [0.3, 0.4) is 0 Å². The van der Waals surface area contributed by atoms with Crippen molar-refractivity contribution in [1.29, 1.82) is 0 Å². The zero-order valence-corrected chi connectivity index (χ0v) is 16.7. The lowest BCUT2D eigenvalue weighted by atomic mass is 9.72. The Morgan fingerprint density at radius 1 is 1.26 bits per heavy atom. The Hall–Kier alpha value is -1.89. The monoisotopic (exact) mass is 380 g/mol. The molecular weight excluding hydrogens is 348 g/mol. The Balaban J connectivity index is 2.36. The fraction of sp³-hybridized carbons (Fsp3) is 0.750. The summed E-state index contributed by atoms with van der Waals surface area (Å²) in [5.41, 5.74) is -1.10. The molecule has 2 rings (SSSR count). The van der Waals surface area contributed by atoms with E-state index in [4.69, 9.17) is 4.74 Å². The van der Waals surface area contributed by atoms with Crippen LogP contribution >= 0.6 is 0 Å². The van der Waals surface area contributed by atoms with Gasteiger partial charge in [0.2, 0.25) is 11.8 Å². The molecular formula is C20H32N2O5. The van der Waals surface area contributed by atoms with Gasteiger partial charge in [0.05, 0.1) is 24.5 Å². The zero-order valence-electron chi connectivity index (χ0n) is 16.7. The summed E-state index contributed by atoms with van der Waals surface area (Å²) in [5, 5.41) is 16.1. The number of nitrogens with one attached hydrogen (secondary N) is 2. The van der Waals surface area contributed by atoms with E-state index in [1.54, 1.807) is 13.8 Å². The van der Waals surface area contributed by atoms with E-state index in [9.17, 15) is 19.5 Å². The predicted octanol–water partition coefficient (Wildman–Crippen LogP) is 1.30. The predicted molar refractivity (Wildman–Crippen MR) is 101 cm³/mol. The Labute approximate surface area is 160 Å². The van der Waals surface area contributed by atoms with Gasteiger partial charge >= 0.3 is 5.97 Å². The van der Waals surface area contributed by atoms with E-state index in [2.05, 4.69) is 10.6 Å². The maximum Gasteiger partial charge on any atom is 0.328 e. The summed E-state index contributed by atoms with van der Waals surface area (Å²) < 4.78 is 4.83. The fourth-order valence-electron chi connectivity index (χ4n) is 4.12. The molecule has 7 nitrogen and oxygen atoms in total. The maximum absolute atomic E-state index is 13.2. The van der Waals surface area contributed by atoms with Gasteiger partial charge in [0.15, 0.2) is 0 Å². The van der Waals surface area contributed by atoms with Gasteiger partial charge in [-0.25, -0.2) is 4.79 Å². The van der Waals surface area contributed by atoms with E-state index in [0.717, 1.165) is 12.8 Å². The van der Waals surface area contributed by atoms with Gasteiger partial charge in [0.1, 0.15) is 6.04 Å². The molecule has 0 saturated heterocycles. The van der Waals surface area contributed by atoms with Crippen molar-refractivity contribution in [1.82, 2.24) is 10.6 Å². The minimum Gasteiger partial charge on any atom is -0.467 e. The number of amides is 2. The van der Waals surface area contributed by atoms with Crippen molar-refractivity contribution in [3.05, 3.63) is 12.2 Å². The molecule has 1 aliphatic carbocycles. The molecule has 0 aromatic heterocycles. The maximum atomic E-state index is 13.2. The van der Waals surface area contributed by atoms with Crippen molar-refractivity contribution >= 4 is 17.8 Å². The number of methoxy groups -OCH3 is 1. The van der Waals surface area contributed by atoms with Crippen LogP contribution in [0, 0.1) is 17.3 Å². The third kappa shape index (κ3) is 4.51. The van der Waals surface area contributed by atoms with Crippen molar-refractivity contribution in [2.75, 3.05) is 7.11 Å². The lowest BCUT2D eigenvalue weighted by Gasteiger charge is -2.35. The number of hydrogen-bond donors (Lipinski definition) is 3. The van der Waals surface area contributed by atoms with Crippen molar-refractivity contribution in [3.8, 4) is 0 Å². The van der Waals surface area contributed by atoms with E-state index < -0.39 is 35.4 Å². The third-order valence-electron chi connectivity index (χ3n) is 6.23. The number of rotatable bonds is 1. The lowest BCUT2D eigenvalue weighted by molar-refractivity contribution is -0.149. The number of aliphatic hydroxyl groups excluding tert-OH is 1. The standard InChI is InChI=1S/C20H32N2O5/c1-12-9-7-5-6-8-10-15(18(25)27-4)22-19(26)20(3)13(2)16(23)11-14(20)17(24)21-12/h5,7,12-16,23H,6,8-11H2,1-4H3,(H,21,24)(H,22,26)/b7-5+/t12?,13?,14?,15-,16?,20?/m0/s1. The highest BCUT2D eigenvalue weighted by Gasteiger charge is 2.57. The summed E-state index contributed by atoms with van der Waals surface area (Å²) in [6.07, 6.45) is 6.18. The van der Waals surface area contributed by atoms with Crippen molar-refractivity contribution in [2.45, 2.75) is 71.1 Å². The SMILES string of the molecule is COC(=O)[C@@H]1CCC/C=C/CC(C)NC(=O)C2CC(O)C(C)C2(C)C(=O)N1. The summed E-state index contributed by atoms with van der Waals surface area (Å²) in [5.74, 6) is -2.18. The number of fused-ring (bicyclic) bond motifs is 1. The van der Waals surface area contributed by atoms with Gasteiger partial charge in [-0.15, -0.1) is 0 Å². The van der Waals surface area contributed by atoms with Crippen LogP contribution in [0.15, 0.2) is 12.2 Å². The summed E-state index contributed by atoms with van der Waals surface area (Å²) in [6.45, 7) is 5.41. The number of ether oxygens (including phenoxy) is 1. The molecule has 1 heterocycles. The molecule has 7 heteroatoms. The lowest BCUT2D eigenvalue weighted by Crippen LogP contribution is -2.54. The first-order chi connectivity index (χ1) is 12.7. The topological polar surface area (TPSA) is 105 Å². The van der Waals surface area contributed by atoms with Gasteiger partial charge in [0.25, 0.3) is 0 Å². The average molecular weight is 380 g/mol. The Morgan fingerprint density at radius 3 is 2.63 bits per heavy atom. The molecule has 1 aliphatic heterocycles. The number of aliphatic hydroxyl groups is 1. The van der Waals surface area contributed by atoms with E-state index in [0.29, 0.717) is 12.8 Å². The van der Waals surface area contributed by atoms with E-state index >= 15 is 0 Å². The van der Waals surface area contributed by atoms with Crippen LogP contribution in [-0.2, 0) is 19.1 Å². The highest BCUT2D eigenvalue weighted by molar-refractivity contribution is 5.93. The Bertz CT molecular complexity index is 605. The van der Waals surface area contributed by atoms with Crippen LogP contribution in [0.25, 0.3) is 0 Å². The van der Waals surface area contributed by atoms with Gasteiger partial charge in [-0.2, -0.15) is 0 Å². The Morgan fingerprint density at radius 2 is 1.96 bits per heavy atom. The normalized spacial score (nSPS) is 39.5. The zero-order chi connectivity index (χ0) is 20.2. The number of hydrogen-bond acceptors (Lipinski definition) is 5. The highest BCUT2D eigenvalue weighted by Crippen LogP contribution is 2.48. The van der Waals surface area contributed by atoms with Crippen molar-refractivity contribution in [2.24, 2.45) is 17.3 Å². The average Bonchev–Trinajstić information content (AvgIpc) is 2.87. The summed E-state index contributed by atoms with van der Waals surface area (Å²) >= 11 is 0. The van der Waals surface area contributed by atoms with Crippen LogP contribution in [0.1, 0.15) is 52.9 Å². The van der Waals surface area contributed by atoms with Gasteiger partial charge in [-0.05, 0) is 51.9 Å².